The molecule has 0 spiro atoms. The predicted octanol–water partition coefficient (Wildman–Crippen LogP) is 4.55. The summed E-state index contributed by atoms with van der Waals surface area (Å²) < 4.78 is 8.59. The molecule has 3 heteroatoms. The van der Waals surface area contributed by atoms with Crippen LogP contribution in [-0.2, 0) is 4.74 Å². The van der Waals surface area contributed by atoms with Gasteiger partial charge in [-0.05, 0) is 51.4 Å². The van der Waals surface area contributed by atoms with Gasteiger partial charge in [0.25, 0.3) is 0 Å². The van der Waals surface area contributed by atoms with E-state index in [0.717, 1.165) is 24.5 Å². The topological polar surface area (TPSA) is 12.5 Å². The second-order valence-electron chi connectivity index (χ2n) is 7.25. The molecule has 3 fully saturated rings. The number of hydrogen-bond acceptors (Lipinski definition) is 2. The molecule has 1 saturated heterocycles. The van der Waals surface area contributed by atoms with Crippen molar-refractivity contribution >= 4 is 7.41 Å². The van der Waals surface area contributed by atoms with E-state index < -0.39 is 7.41 Å². The van der Waals surface area contributed by atoms with Gasteiger partial charge < -0.3 is 4.74 Å². The molecule has 116 valence electrons. The Morgan fingerprint density at radius 1 is 0.750 bits per heavy atom. The van der Waals surface area contributed by atoms with Crippen LogP contribution in [0.25, 0.3) is 0 Å². The molecule has 0 amide bonds. The molecule has 0 aromatic heterocycles. The third-order valence-electron chi connectivity index (χ3n) is 6.22. The van der Waals surface area contributed by atoms with Crippen LogP contribution < -0.4 is 0 Å². The van der Waals surface area contributed by atoms with Crippen molar-refractivity contribution in [2.45, 2.75) is 75.5 Å². The second kappa shape index (κ2) is 7.07. The fraction of sp³-hybridized carbons (Fsp3) is 1.00. The molecule has 0 aromatic carbocycles. The van der Waals surface area contributed by atoms with Crippen LogP contribution in [-0.4, -0.2) is 49.0 Å². The molecule has 3 aliphatic rings. The highest BCUT2D eigenvalue weighted by atomic mass is 31.2. The first-order valence-electron chi connectivity index (χ1n) is 9.01. The maximum atomic E-state index is 5.65. The first-order valence-corrected chi connectivity index (χ1v) is 11.3. The van der Waals surface area contributed by atoms with E-state index in [-0.39, 0.29) is 0 Å². The van der Waals surface area contributed by atoms with Crippen LogP contribution in [0, 0.1) is 0 Å². The Labute approximate surface area is 126 Å². The van der Waals surface area contributed by atoms with Crippen molar-refractivity contribution in [1.29, 1.82) is 0 Å². The normalized spacial score (nSPS) is 28.6. The highest BCUT2D eigenvalue weighted by Crippen LogP contribution is 2.71. The van der Waals surface area contributed by atoms with Gasteiger partial charge in [0, 0.05) is 0 Å². The zero-order valence-electron chi connectivity index (χ0n) is 13.4. The highest BCUT2D eigenvalue weighted by molar-refractivity contribution is 7.74. The second-order valence-corrected chi connectivity index (χ2v) is 11.5. The summed E-state index contributed by atoms with van der Waals surface area (Å²) in [4.78, 5) is 0. The van der Waals surface area contributed by atoms with Crippen molar-refractivity contribution in [3.05, 3.63) is 0 Å². The van der Waals surface area contributed by atoms with Gasteiger partial charge in [0.05, 0.1) is 51.7 Å². The fourth-order valence-corrected chi connectivity index (χ4v) is 10.3. The summed E-state index contributed by atoms with van der Waals surface area (Å²) in [6.07, 6.45) is 15.1. The molecule has 0 radical (unpaired) electrons. The molecule has 0 aromatic rings. The summed E-state index contributed by atoms with van der Waals surface area (Å²) in [5, 5.41) is 0. The van der Waals surface area contributed by atoms with Crippen LogP contribution in [0.15, 0.2) is 0 Å². The maximum Gasteiger partial charge on any atom is 0.0862 e. The molecule has 1 aliphatic heterocycles. The largest absolute Gasteiger partial charge is 0.379 e. The highest BCUT2D eigenvalue weighted by Gasteiger charge is 2.53. The van der Waals surface area contributed by atoms with Crippen molar-refractivity contribution < 1.29 is 4.74 Å². The van der Waals surface area contributed by atoms with Crippen molar-refractivity contribution in [1.82, 2.24) is 4.67 Å². The molecule has 0 atom stereocenters. The summed E-state index contributed by atoms with van der Waals surface area (Å²) in [5.41, 5.74) is 2.11. The van der Waals surface area contributed by atoms with Crippen LogP contribution in [0.3, 0.4) is 0 Å². The van der Waals surface area contributed by atoms with Gasteiger partial charge in [0.15, 0.2) is 0 Å². The van der Waals surface area contributed by atoms with E-state index >= 15 is 0 Å². The molecular weight excluding hydrogens is 265 g/mol. The van der Waals surface area contributed by atoms with Gasteiger partial charge in [-0.1, -0.05) is 12.8 Å². The molecule has 1 heterocycles. The number of nitrogens with zero attached hydrogens (tertiary/aromatic N) is 1. The molecule has 0 bridgehead atoms. The third kappa shape index (κ3) is 3.08. The lowest BCUT2D eigenvalue weighted by Gasteiger charge is -2.47. The van der Waals surface area contributed by atoms with Gasteiger partial charge in [-0.3, -0.25) is 0 Å². The van der Waals surface area contributed by atoms with Crippen molar-refractivity contribution in [2.75, 3.05) is 33.0 Å². The van der Waals surface area contributed by atoms with E-state index in [9.17, 15) is 0 Å². The summed E-state index contributed by atoms with van der Waals surface area (Å²) >= 11 is 0. The quantitative estimate of drug-likeness (QED) is 0.709. The average Bonchev–Trinajstić information content (AvgIpc) is 2.56. The molecular formula is C17H33NOP+. The molecule has 0 N–H and O–H groups in total. The van der Waals surface area contributed by atoms with Crippen LogP contribution >= 0.6 is 7.41 Å². The summed E-state index contributed by atoms with van der Waals surface area (Å²) in [5.74, 6) is 0. The van der Waals surface area contributed by atoms with Crippen molar-refractivity contribution in [2.24, 2.45) is 0 Å². The third-order valence-corrected chi connectivity index (χ3v) is 11.8. The van der Waals surface area contributed by atoms with Gasteiger partial charge in [-0.2, -0.15) is 4.67 Å². The molecule has 20 heavy (non-hydrogen) atoms. The first-order chi connectivity index (χ1) is 9.82. The van der Waals surface area contributed by atoms with E-state index in [1.807, 2.05) is 0 Å². The molecule has 3 rings (SSSR count). The van der Waals surface area contributed by atoms with Crippen LogP contribution in [0.1, 0.15) is 64.2 Å². The number of morpholine rings is 1. The van der Waals surface area contributed by atoms with E-state index in [2.05, 4.69) is 11.3 Å². The van der Waals surface area contributed by atoms with Gasteiger partial charge in [-0.25, -0.2) is 0 Å². The molecule has 0 unspecified atom stereocenters. The minimum atomic E-state index is -0.942. The first kappa shape index (κ1) is 15.3. The Morgan fingerprint density at radius 2 is 1.20 bits per heavy atom. The van der Waals surface area contributed by atoms with Crippen LogP contribution in [0.4, 0.5) is 0 Å². The summed E-state index contributed by atoms with van der Waals surface area (Å²) in [6.45, 7) is 7.14. The maximum absolute atomic E-state index is 5.65. The number of hydrogen-bond donors (Lipinski definition) is 0. The van der Waals surface area contributed by atoms with E-state index in [1.165, 1.54) is 77.3 Å². The zero-order chi connectivity index (χ0) is 13.8. The molecule has 2 aliphatic carbocycles. The monoisotopic (exact) mass is 298 g/mol. The van der Waals surface area contributed by atoms with E-state index in [1.54, 1.807) is 0 Å². The fourth-order valence-electron chi connectivity index (χ4n) is 4.95. The van der Waals surface area contributed by atoms with Crippen molar-refractivity contribution in [3.63, 3.8) is 0 Å². The van der Waals surface area contributed by atoms with E-state index in [4.69, 9.17) is 4.74 Å². The lowest BCUT2D eigenvalue weighted by molar-refractivity contribution is 0.0722. The van der Waals surface area contributed by atoms with E-state index in [0.29, 0.717) is 0 Å². The Kier molecular flexibility index (Phi) is 5.39. The Bertz CT molecular complexity index is 246. The van der Waals surface area contributed by atoms with Crippen LogP contribution in [0.2, 0.25) is 0 Å². The summed E-state index contributed by atoms with van der Waals surface area (Å²) in [6, 6.07) is 0. The average molecular weight is 298 g/mol. The van der Waals surface area contributed by atoms with Crippen LogP contribution in [0.5, 0.6) is 0 Å². The smallest absolute Gasteiger partial charge is 0.0862 e. The standard InChI is InChI=1S/C17H33NOP/c1-20(16-8-4-2-5-9-16,17-10-6-3-7-11-17)18-12-14-19-15-13-18/h16-17H,2-15H2,1H3/q+1. The predicted molar refractivity (Wildman–Crippen MR) is 89.0 cm³/mol. The SMILES string of the molecule is C[P+](C1CCCCC1)(C1CCCCC1)N1CCOCC1. The van der Waals surface area contributed by atoms with Crippen molar-refractivity contribution in [3.8, 4) is 0 Å². The summed E-state index contributed by atoms with van der Waals surface area (Å²) in [7, 11) is -0.942. The minimum Gasteiger partial charge on any atom is -0.379 e. The Balaban J connectivity index is 1.79. The molecule has 2 nitrogen and oxygen atoms in total. The Hall–Kier alpha value is 0.350. The van der Waals surface area contributed by atoms with Gasteiger partial charge in [0.2, 0.25) is 0 Å². The van der Waals surface area contributed by atoms with Gasteiger partial charge in [0.1, 0.15) is 0 Å². The number of rotatable bonds is 3. The Morgan fingerprint density at radius 3 is 1.65 bits per heavy atom. The van der Waals surface area contributed by atoms with Gasteiger partial charge >= 0.3 is 0 Å². The zero-order valence-corrected chi connectivity index (χ0v) is 14.3. The lowest BCUT2D eigenvalue weighted by Crippen LogP contribution is -2.44. The number of ether oxygens (including phenoxy) is 1. The minimum absolute atomic E-state index is 0.942. The molecule has 2 saturated carbocycles. The van der Waals surface area contributed by atoms with Gasteiger partial charge in [-0.15, -0.1) is 0 Å². The lowest BCUT2D eigenvalue weighted by atomic mass is 9.99.